The maximum absolute atomic E-state index is 13.0. The van der Waals surface area contributed by atoms with Crippen molar-refractivity contribution in [2.24, 2.45) is 0 Å². The fourth-order valence-electron chi connectivity index (χ4n) is 3.49. The van der Waals surface area contributed by atoms with Crippen LogP contribution < -0.4 is 5.32 Å². The molecule has 1 unspecified atom stereocenters. The van der Waals surface area contributed by atoms with Crippen molar-refractivity contribution in [1.82, 2.24) is 15.2 Å². The molecule has 1 aromatic carbocycles. The van der Waals surface area contributed by atoms with Crippen LogP contribution >= 0.6 is 0 Å². The highest BCUT2D eigenvalue weighted by Crippen LogP contribution is 2.25. The van der Waals surface area contributed by atoms with Crippen molar-refractivity contribution >= 4 is 22.7 Å². The van der Waals surface area contributed by atoms with E-state index in [0.717, 1.165) is 23.9 Å². The van der Waals surface area contributed by atoms with Crippen molar-refractivity contribution in [3.05, 3.63) is 54.3 Å². The van der Waals surface area contributed by atoms with E-state index in [1.54, 1.807) is 18.4 Å². The second kappa shape index (κ2) is 7.23. The zero-order chi connectivity index (χ0) is 18.8. The third-order valence-electron chi connectivity index (χ3n) is 4.78. The molecule has 1 fully saturated rings. The predicted molar refractivity (Wildman–Crippen MR) is 102 cm³/mol. The number of fused-ring (bicyclic) bond motifs is 1. The number of hydrogen-bond acceptors (Lipinski definition) is 4. The van der Waals surface area contributed by atoms with Gasteiger partial charge >= 0.3 is 0 Å². The van der Waals surface area contributed by atoms with Crippen LogP contribution in [-0.2, 0) is 4.79 Å². The van der Waals surface area contributed by atoms with E-state index >= 15 is 0 Å². The highest BCUT2D eigenvalue weighted by atomic mass is 16.3. The van der Waals surface area contributed by atoms with Crippen LogP contribution in [0.3, 0.4) is 0 Å². The minimum Gasteiger partial charge on any atom is -0.463 e. The third-order valence-corrected chi connectivity index (χ3v) is 4.78. The molecule has 3 heterocycles. The van der Waals surface area contributed by atoms with Gasteiger partial charge in [-0.1, -0.05) is 18.2 Å². The minimum absolute atomic E-state index is 0.140. The number of furan rings is 1. The summed E-state index contributed by atoms with van der Waals surface area (Å²) in [7, 11) is 0. The third kappa shape index (κ3) is 3.56. The van der Waals surface area contributed by atoms with Gasteiger partial charge in [0.2, 0.25) is 5.91 Å². The zero-order valence-corrected chi connectivity index (χ0v) is 15.1. The molecular weight excluding hydrogens is 342 g/mol. The Bertz CT molecular complexity index is 982. The molecule has 1 atom stereocenters. The number of carbonyl (C=O) groups is 2. The quantitative estimate of drug-likeness (QED) is 0.755. The molecule has 3 aromatic rings. The van der Waals surface area contributed by atoms with Gasteiger partial charge in [0.1, 0.15) is 5.69 Å². The highest BCUT2D eigenvalue weighted by Gasteiger charge is 2.23. The minimum atomic E-state index is -0.180. The van der Waals surface area contributed by atoms with Crippen LogP contribution in [0.25, 0.3) is 22.4 Å². The Labute approximate surface area is 157 Å². The fraction of sp³-hybridized carbons (Fsp3) is 0.286. The lowest BCUT2D eigenvalue weighted by Gasteiger charge is -2.22. The number of pyridine rings is 1. The smallest absolute Gasteiger partial charge is 0.252 e. The van der Waals surface area contributed by atoms with Gasteiger partial charge in [0, 0.05) is 30.9 Å². The standard InChI is InChI=1S/C21H21N3O3/c1-14(13-24-10-4-9-20(24)25)22-21(26)16-12-18(19-8-5-11-27-19)23-17-7-3-2-6-15(16)17/h2-3,5-8,11-12,14H,4,9-10,13H2,1H3,(H,22,26). The lowest BCUT2D eigenvalue weighted by Crippen LogP contribution is -2.42. The van der Waals surface area contributed by atoms with Gasteiger partial charge in [-0.25, -0.2) is 4.98 Å². The molecule has 4 rings (SSSR count). The summed E-state index contributed by atoms with van der Waals surface area (Å²) in [5.74, 6) is 0.594. The van der Waals surface area contributed by atoms with Gasteiger partial charge in [-0.15, -0.1) is 0 Å². The normalized spacial score (nSPS) is 15.3. The zero-order valence-electron chi connectivity index (χ0n) is 15.1. The molecule has 6 heteroatoms. The Morgan fingerprint density at radius 3 is 2.89 bits per heavy atom. The average molecular weight is 363 g/mol. The molecule has 0 aliphatic carbocycles. The molecule has 6 nitrogen and oxygen atoms in total. The molecular formula is C21H21N3O3. The largest absolute Gasteiger partial charge is 0.463 e. The van der Waals surface area contributed by atoms with Crippen LogP contribution in [0.4, 0.5) is 0 Å². The number of aromatic nitrogens is 1. The van der Waals surface area contributed by atoms with Crippen LogP contribution in [0.5, 0.6) is 0 Å². The van der Waals surface area contributed by atoms with Crippen molar-refractivity contribution in [1.29, 1.82) is 0 Å². The maximum atomic E-state index is 13.0. The Balaban J connectivity index is 1.61. The number of para-hydroxylation sites is 1. The molecule has 27 heavy (non-hydrogen) atoms. The van der Waals surface area contributed by atoms with Gasteiger partial charge < -0.3 is 14.6 Å². The fourth-order valence-corrected chi connectivity index (χ4v) is 3.49. The molecule has 2 amide bonds. The van der Waals surface area contributed by atoms with Gasteiger partial charge in [-0.3, -0.25) is 9.59 Å². The van der Waals surface area contributed by atoms with Crippen LogP contribution in [-0.4, -0.2) is 40.8 Å². The van der Waals surface area contributed by atoms with Crippen LogP contribution in [0.1, 0.15) is 30.1 Å². The number of likely N-dealkylation sites (tertiary alicyclic amines) is 1. The number of rotatable bonds is 5. The van der Waals surface area contributed by atoms with Crippen LogP contribution in [0.15, 0.2) is 53.1 Å². The number of amides is 2. The molecule has 1 saturated heterocycles. The first-order valence-electron chi connectivity index (χ1n) is 9.14. The summed E-state index contributed by atoms with van der Waals surface area (Å²) in [6.45, 7) is 3.21. The van der Waals surface area contributed by atoms with Crippen molar-refractivity contribution in [3.63, 3.8) is 0 Å². The highest BCUT2D eigenvalue weighted by molar-refractivity contribution is 6.07. The SMILES string of the molecule is CC(CN1CCCC1=O)NC(=O)c1cc(-c2ccco2)nc2ccccc12. The first kappa shape index (κ1) is 17.3. The lowest BCUT2D eigenvalue weighted by atomic mass is 10.1. The number of nitrogens with zero attached hydrogens (tertiary/aromatic N) is 2. The molecule has 2 aromatic heterocycles. The molecule has 138 valence electrons. The Morgan fingerprint density at radius 2 is 2.15 bits per heavy atom. The van der Waals surface area contributed by atoms with Crippen molar-refractivity contribution in [3.8, 4) is 11.5 Å². The van der Waals surface area contributed by atoms with Crippen molar-refractivity contribution < 1.29 is 14.0 Å². The lowest BCUT2D eigenvalue weighted by molar-refractivity contribution is -0.127. The Morgan fingerprint density at radius 1 is 1.30 bits per heavy atom. The van der Waals surface area contributed by atoms with E-state index in [-0.39, 0.29) is 17.9 Å². The Hall–Kier alpha value is -3.15. The van der Waals surface area contributed by atoms with E-state index in [0.29, 0.717) is 30.0 Å². The summed E-state index contributed by atoms with van der Waals surface area (Å²) >= 11 is 0. The number of nitrogens with one attached hydrogen (secondary N) is 1. The molecule has 0 spiro atoms. The summed E-state index contributed by atoms with van der Waals surface area (Å²) in [6, 6.07) is 12.8. The number of carbonyl (C=O) groups excluding carboxylic acids is 2. The van der Waals surface area contributed by atoms with E-state index in [1.807, 2.05) is 42.2 Å². The van der Waals surface area contributed by atoms with Crippen molar-refractivity contribution in [2.75, 3.05) is 13.1 Å². The molecule has 1 N–H and O–H groups in total. The number of hydrogen-bond donors (Lipinski definition) is 1. The summed E-state index contributed by atoms with van der Waals surface area (Å²) in [5.41, 5.74) is 1.90. The summed E-state index contributed by atoms with van der Waals surface area (Å²) in [4.78, 5) is 31.2. The van der Waals surface area contributed by atoms with E-state index < -0.39 is 0 Å². The summed E-state index contributed by atoms with van der Waals surface area (Å²) in [5, 5.41) is 3.80. The first-order valence-corrected chi connectivity index (χ1v) is 9.14. The number of benzene rings is 1. The van der Waals surface area contributed by atoms with Crippen LogP contribution in [0, 0.1) is 0 Å². The Kier molecular flexibility index (Phi) is 4.62. The average Bonchev–Trinajstić information content (AvgIpc) is 3.33. The second-order valence-corrected chi connectivity index (χ2v) is 6.87. The molecule has 0 radical (unpaired) electrons. The first-order chi connectivity index (χ1) is 13.1. The summed E-state index contributed by atoms with van der Waals surface area (Å²) < 4.78 is 5.45. The van der Waals surface area contributed by atoms with Gasteiger partial charge in [0.15, 0.2) is 5.76 Å². The van der Waals surface area contributed by atoms with E-state index in [4.69, 9.17) is 4.42 Å². The predicted octanol–water partition coefficient (Wildman–Crippen LogP) is 3.24. The van der Waals surface area contributed by atoms with E-state index in [2.05, 4.69) is 10.3 Å². The van der Waals surface area contributed by atoms with Crippen molar-refractivity contribution in [2.45, 2.75) is 25.8 Å². The summed E-state index contributed by atoms with van der Waals surface area (Å²) in [6.07, 6.45) is 3.07. The second-order valence-electron chi connectivity index (χ2n) is 6.87. The van der Waals surface area contributed by atoms with Gasteiger partial charge in [-0.2, -0.15) is 0 Å². The van der Waals surface area contributed by atoms with Gasteiger partial charge in [0.25, 0.3) is 5.91 Å². The molecule has 1 aliphatic rings. The van der Waals surface area contributed by atoms with E-state index in [9.17, 15) is 9.59 Å². The van der Waals surface area contributed by atoms with Gasteiger partial charge in [-0.05, 0) is 37.6 Å². The molecule has 0 saturated carbocycles. The van der Waals surface area contributed by atoms with E-state index in [1.165, 1.54) is 0 Å². The van der Waals surface area contributed by atoms with Gasteiger partial charge in [0.05, 0.1) is 17.3 Å². The molecule has 1 aliphatic heterocycles. The van der Waals surface area contributed by atoms with Crippen LogP contribution in [0.2, 0.25) is 0 Å². The molecule has 0 bridgehead atoms. The monoisotopic (exact) mass is 363 g/mol. The topological polar surface area (TPSA) is 75.4 Å². The maximum Gasteiger partial charge on any atom is 0.252 e.